The Balaban J connectivity index is 3.31. The lowest BCUT2D eigenvalue weighted by Gasteiger charge is -2.06. The molecule has 104 valence electrons. The first-order chi connectivity index (χ1) is 8.68. The summed E-state index contributed by atoms with van der Waals surface area (Å²) in [6.07, 6.45) is 0.692. The molecule has 1 aromatic carbocycles. The Morgan fingerprint density at radius 1 is 1.21 bits per heavy atom. The van der Waals surface area contributed by atoms with Crippen LogP contribution >= 0.6 is 0 Å². The van der Waals surface area contributed by atoms with Gasteiger partial charge in [-0.05, 0) is 19.1 Å². The van der Waals surface area contributed by atoms with Crippen molar-refractivity contribution in [3.05, 3.63) is 29.3 Å². The lowest BCUT2D eigenvalue weighted by atomic mass is 10.1. The molecule has 0 amide bonds. The molecule has 0 spiro atoms. The van der Waals surface area contributed by atoms with Gasteiger partial charge in [-0.2, -0.15) is 0 Å². The molecular weight excluding hydrogens is 282 g/mol. The number of ether oxygens (including phenoxy) is 1. The Kier molecular flexibility index (Phi) is 4.35. The lowest BCUT2D eigenvalue weighted by Crippen LogP contribution is -2.19. The van der Waals surface area contributed by atoms with Gasteiger partial charge in [0.2, 0.25) is 0 Å². The highest BCUT2D eigenvalue weighted by Gasteiger charge is 2.25. The van der Waals surface area contributed by atoms with E-state index >= 15 is 0 Å². The number of Topliss-reactive ketones (excluding diaryl/α,β-unsaturated/α-hetero) is 1. The first-order valence-corrected chi connectivity index (χ1v) is 6.98. The van der Waals surface area contributed by atoms with E-state index in [-0.39, 0.29) is 6.61 Å². The number of sulfone groups is 1. The van der Waals surface area contributed by atoms with E-state index in [0.717, 1.165) is 0 Å². The number of esters is 1. The molecule has 0 aromatic heterocycles. The van der Waals surface area contributed by atoms with Gasteiger partial charge < -0.3 is 4.74 Å². The summed E-state index contributed by atoms with van der Waals surface area (Å²) in [5, 5.41) is 0. The zero-order valence-electron chi connectivity index (χ0n) is 10.1. The summed E-state index contributed by atoms with van der Waals surface area (Å²) in [5.74, 6) is -5.33. The molecule has 0 N–H and O–H groups in total. The molecule has 8 heteroatoms. The Labute approximate surface area is 108 Å². The van der Waals surface area contributed by atoms with Crippen LogP contribution in [0.1, 0.15) is 17.3 Å². The monoisotopic (exact) mass is 292 g/mol. The molecule has 0 aliphatic rings. The summed E-state index contributed by atoms with van der Waals surface area (Å²) < 4.78 is 53.7. The summed E-state index contributed by atoms with van der Waals surface area (Å²) in [7, 11) is -3.97. The van der Waals surface area contributed by atoms with Gasteiger partial charge in [-0.3, -0.25) is 4.79 Å². The fraction of sp³-hybridized carbons (Fsp3) is 0.273. The Bertz CT molecular complexity index is 637. The van der Waals surface area contributed by atoms with Gasteiger partial charge in [-0.15, -0.1) is 0 Å². The maximum Gasteiger partial charge on any atom is 0.379 e. The molecule has 0 saturated carbocycles. The fourth-order valence-electron chi connectivity index (χ4n) is 1.29. The van der Waals surface area contributed by atoms with E-state index in [4.69, 9.17) is 0 Å². The smallest absolute Gasteiger partial charge is 0.379 e. The predicted octanol–water partition coefficient (Wildman–Crippen LogP) is 1.11. The quantitative estimate of drug-likeness (QED) is 0.472. The normalized spacial score (nSPS) is 11.2. The first kappa shape index (κ1) is 15.2. The van der Waals surface area contributed by atoms with Crippen molar-refractivity contribution in [2.75, 3.05) is 12.9 Å². The van der Waals surface area contributed by atoms with Gasteiger partial charge in [-0.25, -0.2) is 22.0 Å². The number of carbonyl (C=O) groups is 2. The number of benzene rings is 1. The van der Waals surface area contributed by atoms with Crippen LogP contribution in [0.2, 0.25) is 0 Å². The second-order valence-corrected chi connectivity index (χ2v) is 5.57. The molecule has 0 bridgehead atoms. The molecule has 5 nitrogen and oxygen atoms in total. The van der Waals surface area contributed by atoms with Crippen LogP contribution < -0.4 is 0 Å². The largest absolute Gasteiger partial charge is 0.460 e. The summed E-state index contributed by atoms with van der Waals surface area (Å²) in [6, 6.07) is 0.724. The van der Waals surface area contributed by atoms with Gasteiger partial charge in [0.05, 0.1) is 12.2 Å². The highest BCUT2D eigenvalue weighted by molar-refractivity contribution is 7.90. The average Bonchev–Trinajstić information content (AvgIpc) is 2.29. The van der Waals surface area contributed by atoms with Crippen molar-refractivity contribution in [3.8, 4) is 0 Å². The van der Waals surface area contributed by atoms with E-state index in [2.05, 4.69) is 4.74 Å². The van der Waals surface area contributed by atoms with E-state index in [1.807, 2.05) is 0 Å². The van der Waals surface area contributed by atoms with Crippen LogP contribution in [0.5, 0.6) is 0 Å². The maximum atomic E-state index is 13.6. The van der Waals surface area contributed by atoms with E-state index in [9.17, 15) is 26.8 Å². The van der Waals surface area contributed by atoms with Crippen molar-refractivity contribution in [2.24, 2.45) is 0 Å². The van der Waals surface area contributed by atoms with Gasteiger partial charge in [-0.1, -0.05) is 0 Å². The maximum absolute atomic E-state index is 13.6. The van der Waals surface area contributed by atoms with E-state index in [1.54, 1.807) is 0 Å². The Hall–Kier alpha value is -1.83. The Morgan fingerprint density at radius 3 is 2.26 bits per heavy atom. The zero-order chi connectivity index (χ0) is 14.8. The van der Waals surface area contributed by atoms with Crippen molar-refractivity contribution in [3.63, 3.8) is 0 Å². The van der Waals surface area contributed by atoms with Crippen molar-refractivity contribution in [1.82, 2.24) is 0 Å². The first-order valence-electron chi connectivity index (χ1n) is 5.09. The minimum atomic E-state index is -3.97. The highest BCUT2D eigenvalue weighted by Crippen LogP contribution is 2.20. The number of hydrogen-bond donors (Lipinski definition) is 0. The topological polar surface area (TPSA) is 77.5 Å². The molecule has 0 aliphatic carbocycles. The molecule has 0 atom stereocenters. The second kappa shape index (κ2) is 5.43. The average molecular weight is 292 g/mol. The fourth-order valence-corrected chi connectivity index (χ4v) is 2.02. The molecule has 0 saturated heterocycles. The van der Waals surface area contributed by atoms with Crippen molar-refractivity contribution < 1.29 is 31.5 Å². The molecule has 0 aliphatic heterocycles. The number of hydrogen-bond acceptors (Lipinski definition) is 5. The summed E-state index contributed by atoms with van der Waals surface area (Å²) in [6.45, 7) is 1.34. The van der Waals surface area contributed by atoms with Crippen LogP contribution in [0.3, 0.4) is 0 Å². The van der Waals surface area contributed by atoms with E-state index in [0.29, 0.717) is 18.4 Å². The van der Waals surface area contributed by atoms with Crippen LogP contribution in [0.4, 0.5) is 8.78 Å². The van der Waals surface area contributed by atoms with Gasteiger partial charge in [0.1, 0.15) is 16.5 Å². The van der Waals surface area contributed by atoms with Gasteiger partial charge >= 0.3 is 5.97 Å². The van der Waals surface area contributed by atoms with Gasteiger partial charge in [0, 0.05) is 6.26 Å². The molecule has 19 heavy (non-hydrogen) atoms. The molecule has 0 radical (unpaired) electrons. The summed E-state index contributed by atoms with van der Waals surface area (Å²) >= 11 is 0. The van der Waals surface area contributed by atoms with Gasteiger partial charge in [0.25, 0.3) is 5.78 Å². The van der Waals surface area contributed by atoms with Crippen LogP contribution in [0.25, 0.3) is 0 Å². The SMILES string of the molecule is CCOC(=O)C(=O)c1cc(F)c(S(C)(=O)=O)cc1F. The van der Waals surface area contributed by atoms with E-state index in [1.165, 1.54) is 6.92 Å². The molecule has 0 heterocycles. The number of rotatable bonds is 4. The molecule has 0 unspecified atom stereocenters. The predicted molar refractivity (Wildman–Crippen MR) is 60.4 cm³/mol. The van der Waals surface area contributed by atoms with Crippen LogP contribution in [0.15, 0.2) is 17.0 Å². The molecular formula is C11H10F2O5S. The van der Waals surface area contributed by atoms with Crippen LogP contribution in [0, 0.1) is 11.6 Å². The summed E-state index contributed by atoms with van der Waals surface area (Å²) in [4.78, 5) is 21.7. The Morgan fingerprint density at radius 2 is 1.79 bits per heavy atom. The number of ketones is 1. The lowest BCUT2D eigenvalue weighted by molar-refractivity contribution is -0.137. The molecule has 1 aromatic rings. The standard InChI is InChI=1S/C11H10F2O5S/c1-3-18-11(15)10(14)6-4-8(13)9(5-7(6)12)19(2,16)17/h4-5H,3H2,1-2H3. The molecule has 0 fully saturated rings. The van der Waals surface area contributed by atoms with Gasteiger partial charge in [0.15, 0.2) is 9.84 Å². The third kappa shape index (κ3) is 3.34. The van der Waals surface area contributed by atoms with Crippen molar-refractivity contribution >= 4 is 21.6 Å². The number of carbonyl (C=O) groups excluding carboxylic acids is 2. The number of halogens is 2. The second-order valence-electron chi connectivity index (χ2n) is 3.58. The van der Waals surface area contributed by atoms with E-state index < -0.39 is 43.7 Å². The molecule has 1 rings (SSSR count). The highest BCUT2D eigenvalue weighted by atomic mass is 32.2. The van der Waals surface area contributed by atoms with Crippen molar-refractivity contribution in [1.29, 1.82) is 0 Å². The third-order valence-corrected chi connectivity index (χ3v) is 3.24. The zero-order valence-corrected chi connectivity index (χ0v) is 10.9. The van der Waals surface area contributed by atoms with Crippen LogP contribution in [-0.4, -0.2) is 33.0 Å². The third-order valence-electron chi connectivity index (χ3n) is 2.13. The van der Waals surface area contributed by atoms with Crippen molar-refractivity contribution in [2.45, 2.75) is 11.8 Å². The minimum Gasteiger partial charge on any atom is -0.460 e. The van der Waals surface area contributed by atoms with Crippen LogP contribution in [-0.2, 0) is 19.4 Å². The summed E-state index contributed by atoms with van der Waals surface area (Å²) in [5.41, 5.74) is -0.872. The minimum absolute atomic E-state index is 0.101.